The maximum absolute atomic E-state index is 12.0. The second-order valence-corrected chi connectivity index (χ2v) is 4.69. The molecule has 0 spiro atoms. The molecule has 0 unspecified atom stereocenters. The van der Waals surface area contributed by atoms with Crippen molar-refractivity contribution in [2.45, 2.75) is 6.92 Å². The van der Waals surface area contributed by atoms with Crippen molar-refractivity contribution in [2.75, 3.05) is 38.0 Å². The molecule has 19 heavy (non-hydrogen) atoms. The van der Waals surface area contributed by atoms with Gasteiger partial charge in [0.1, 0.15) is 0 Å². The lowest BCUT2D eigenvalue weighted by molar-refractivity contribution is -0.133. The summed E-state index contributed by atoms with van der Waals surface area (Å²) in [5.74, 6) is 0.0776. The Balaban J connectivity index is 1.82. The number of hydrogen-bond donors (Lipinski definition) is 1. The summed E-state index contributed by atoms with van der Waals surface area (Å²) >= 11 is 0. The van der Waals surface area contributed by atoms with Crippen LogP contribution in [0.5, 0.6) is 0 Å². The molecule has 0 radical (unpaired) electrons. The molecule has 102 valence electrons. The first-order valence-corrected chi connectivity index (χ1v) is 6.47. The van der Waals surface area contributed by atoms with Crippen LogP contribution in [0, 0.1) is 6.92 Å². The Labute approximate surface area is 113 Å². The lowest BCUT2D eigenvalue weighted by Crippen LogP contribution is -2.49. The first kappa shape index (κ1) is 13.4. The SMILES string of the molecule is Cc1ccccc1NCC(=O)N1CCN(C=O)CC1. The van der Waals surface area contributed by atoms with Gasteiger partial charge in [0.15, 0.2) is 0 Å². The van der Waals surface area contributed by atoms with Crippen molar-refractivity contribution < 1.29 is 9.59 Å². The lowest BCUT2D eigenvalue weighted by Gasteiger charge is -2.32. The largest absolute Gasteiger partial charge is 0.376 e. The zero-order valence-corrected chi connectivity index (χ0v) is 11.1. The zero-order valence-electron chi connectivity index (χ0n) is 11.1. The summed E-state index contributed by atoms with van der Waals surface area (Å²) in [5, 5.41) is 3.16. The van der Waals surface area contributed by atoms with Gasteiger partial charge in [0.25, 0.3) is 0 Å². The van der Waals surface area contributed by atoms with Gasteiger partial charge >= 0.3 is 0 Å². The van der Waals surface area contributed by atoms with E-state index in [4.69, 9.17) is 0 Å². The van der Waals surface area contributed by atoms with Gasteiger partial charge in [0.2, 0.25) is 12.3 Å². The smallest absolute Gasteiger partial charge is 0.241 e. The number of benzene rings is 1. The molecule has 1 heterocycles. The highest BCUT2D eigenvalue weighted by atomic mass is 16.2. The number of rotatable bonds is 4. The molecule has 1 fully saturated rings. The van der Waals surface area contributed by atoms with Crippen LogP contribution in [0.4, 0.5) is 5.69 Å². The summed E-state index contributed by atoms with van der Waals surface area (Å²) in [7, 11) is 0. The average molecular weight is 261 g/mol. The summed E-state index contributed by atoms with van der Waals surface area (Å²) in [6.45, 7) is 4.79. The second kappa shape index (κ2) is 6.22. The quantitative estimate of drug-likeness (QED) is 0.812. The van der Waals surface area contributed by atoms with Crippen molar-refractivity contribution in [3.05, 3.63) is 29.8 Å². The van der Waals surface area contributed by atoms with Gasteiger partial charge in [0.05, 0.1) is 6.54 Å². The van der Waals surface area contributed by atoms with Crippen LogP contribution >= 0.6 is 0 Å². The van der Waals surface area contributed by atoms with Crippen molar-refractivity contribution >= 4 is 18.0 Å². The van der Waals surface area contributed by atoms with Crippen LogP contribution in [-0.2, 0) is 9.59 Å². The highest BCUT2D eigenvalue weighted by molar-refractivity contribution is 5.81. The summed E-state index contributed by atoms with van der Waals surface area (Å²) in [6, 6.07) is 7.90. The molecular formula is C14H19N3O2. The first-order valence-electron chi connectivity index (χ1n) is 6.47. The molecule has 1 aliphatic heterocycles. The first-order chi connectivity index (χ1) is 9.20. The van der Waals surface area contributed by atoms with Crippen LogP contribution in [0.15, 0.2) is 24.3 Å². The van der Waals surface area contributed by atoms with Crippen molar-refractivity contribution in [3.63, 3.8) is 0 Å². The minimum Gasteiger partial charge on any atom is -0.376 e. The number of aryl methyl sites for hydroxylation is 1. The Morgan fingerprint density at radius 1 is 1.26 bits per heavy atom. The van der Waals surface area contributed by atoms with Crippen LogP contribution in [0.1, 0.15) is 5.56 Å². The Kier molecular flexibility index (Phi) is 4.39. The molecule has 1 N–H and O–H groups in total. The van der Waals surface area contributed by atoms with Gasteiger partial charge in [-0.1, -0.05) is 18.2 Å². The molecule has 0 saturated carbocycles. The lowest BCUT2D eigenvalue weighted by atomic mass is 10.2. The minimum atomic E-state index is 0.0776. The predicted molar refractivity (Wildman–Crippen MR) is 73.9 cm³/mol. The van der Waals surface area contributed by atoms with E-state index in [0.29, 0.717) is 32.7 Å². The number of amides is 2. The molecule has 1 aromatic rings. The van der Waals surface area contributed by atoms with E-state index in [1.54, 1.807) is 9.80 Å². The normalized spacial score (nSPS) is 15.2. The van der Waals surface area contributed by atoms with Gasteiger partial charge in [-0.25, -0.2) is 0 Å². The summed E-state index contributed by atoms with van der Waals surface area (Å²) in [4.78, 5) is 26.1. The van der Waals surface area contributed by atoms with Crippen LogP contribution in [-0.4, -0.2) is 54.8 Å². The van der Waals surface area contributed by atoms with Gasteiger partial charge < -0.3 is 15.1 Å². The van der Waals surface area contributed by atoms with Crippen molar-refractivity contribution in [1.29, 1.82) is 0 Å². The van der Waals surface area contributed by atoms with E-state index in [-0.39, 0.29) is 5.91 Å². The summed E-state index contributed by atoms with van der Waals surface area (Å²) in [5.41, 5.74) is 2.11. The minimum absolute atomic E-state index is 0.0776. The van der Waals surface area contributed by atoms with Crippen molar-refractivity contribution in [1.82, 2.24) is 9.80 Å². The molecule has 0 aliphatic carbocycles. The molecule has 0 atom stereocenters. The van der Waals surface area contributed by atoms with Gasteiger partial charge in [-0.05, 0) is 18.6 Å². The molecule has 0 bridgehead atoms. The number of carbonyl (C=O) groups is 2. The van der Waals surface area contributed by atoms with Crippen LogP contribution in [0.3, 0.4) is 0 Å². The molecule has 1 aliphatic rings. The van der Waals surface area contributed by atoms with Gasteiger partial charge in [0, 0.05) is 31.9 Å². The topological polar surface area (TPSA) is 52.7 Å². The second-order valence-electron chi connectivity index (χ2n) is 4.69. The molecule has 5 heteroatoms. The summed E-state index contributed by atoms with van der Waals surface area (Å²) in [6.07, 6.45) is 0.841. The Hall–Kier alpha value is -2.04. The third kappa shape index (κ3) is 3.47. The third-order valence-electron chi connectivity index (χ3n) is 3.39. The number of nitrogens with zero attached hydrogens (tertiary/aromatic N) is 2. The van der Waals surface area contributed by atoms with E-state index in [0.717, 1.165) is 17.7 Å². The van der Waals surface area contributed by atoms with E-state index >= 15 is 0 Å². The van der Waals surface area contributed by atoms with Gasteiger partial charge in [-0.15, -0.1) is 0 Å². The van der Waals surface area contributed by atoms with Crippen LogP contribution in [0.25, 0.3) is 0 Å². The Morgan fingerprint density at radius 2 is 1.95 bits per heavy atom. The Morgan fingerprint density at radius 3 is 2.58 bits per heavy atom. The molecule has 1 aromatic carbocycles. The molecule has 2 amide bonds. The molecule has 0 aromatic heterocycles. The fraction of sp³-hybridized carbons (Fsp3) is 0.429. The maximum atomic E-state index is 12.0. The fourth-order valence-corrected chi connectivity index (χ4v) is 2.13. The van der Waals surface area contributed by atoms with Crippen LogP contribution < -0.4 is 5.32 Å². The maximum Gasteiger partial charge on any atom is 0.241 e. The predicted octanol–water partition coefficient (Wildman–Crippen LogP) is 0.708. The molecular weight excluding hydrogens is 242 g/mol. The van der Waals surface area contributed by atoms with Crippen LogP contribution in [0.2, 0.25) is 0 Å². The number of hydrogen-bond acceptors (Lipinski definition) is 3. The zero-order chi connectivity index (χ0) is 13.7. The number of piperazine rings is 1. The highest BCUT2D eigenvalue weighted by Crippen LogP contribution is 2.12. The monoisotopic (exact) mass is 261 g/mol. The van der Waals surface area contributed by atoms with E-state index in [1.165, 1.54) is 0 Å². The van der Waals surface area contributed by atoms with E-state index in [2.05, 4.69) is 5.32 Å². The number of carbonyl (C=O) groups excluding carboxylic acids is 2. The third-order valence-corrected chi connectivity index (χ3v) is 3.39. The van der Waals surface area contributed by atoms with Crippen molar-refractivity contribution in [3.8, 4) is 0 Å². The number of para-hydroxylation sites is 1. The average Bonchev–Trinajstić information content (AvgIpc) is 2.46. The molecule has 2 rings (SSSR count). The molecule has 5 nitrogen and oxygen atoms in total. The fourth-order valence-electron chi connectivity index (χ4n) is 2.13. The van der Waals surface area contributed by atoms with Gasteiger partial charge in [-0.3, -0.25) is 9.59 Å². The standard InChI is InChI=1S/C14H19N3O2/c1-12-4-2-3-5-13(12)15-10-14(19)17-8-6-16(11-18)7-9-17/h2-5,11,15H,6-10H2,1H3. The van der Waals surface area contributed by atoms with Gasteiger partial charge in [-0.2, -0.15) is 0 Å². The number of nitrogens with one attached hydrogen (secondary N) is 1. The highest BCUT2D eigenvalue weighted by Gasteiger charge is 2.19. The van der Waals surface area contributed by atoms with E-state index in [1.807, 2.05) is 31.2 Å². The Bertz CT molecular complexity index is 454. The summed E-state index contributed by atoms with van der Waals surface area (Å²) < 4.78 is 0. The van der Waals surface area contributed by atoms with E-state index < -0.39 is 0 Å². The molecule has 1 saturated heterocycles. The van der Waals surface area contributed by atoms with E-state index in [9.17, 15) is 9.59 Å². The van der Waals surface area contributed by atoms with Crippen molar-refractivity contribution in [2.24, 2.45) is 0 Å². The number of anilines is 1.